The largest absolute Gasteiger partial charge is 0.501 e. The first-order chi connectivity index (χ1) is 20.8. The predicted octanol–water partition coefficient (Wildman–Crippen LogP) is 10.3. The molecule has 0 saturated heterocycles. The van der Waals surface area contributed by atoms with E-state index in [1.807, 2.05) is 36.5 Å². The van der Waals surface area contributed by atoms with Crippen LogP contribution in [0.4, 0.5) is 0 Å². The molecule has 3 aromatic carbocycles. The van der Waals surface area contributed by atoms with Crippen molar-refractivity contribution in [2.24, 2.45) is 0 Å². The molecule has 1 radical (unpaired) electrons. The van der Waals surface area contributed by atoms with E-state index in [9.17, 15) is 0 Å². The van der Waals surface area contributed by atoms with Gasteiger partial charge in [-0.2, -0.15) is 0 Å². The van der Waals surface area contributed by atoms with Crippen LogP contribution in [0.2, 0.25) is 19.6 Å². The molecule has 1 saturated carbocycles. The third-order valence-corrected chi connectivity index (χ3v) is 10.6. The van der Waals surface area contributed by atoms with E-state index in [1.54, 1.807) is 0 Å². The van der Waals surface area contributed by atoms with Crippen LogP contribution in [-0.4, -0.2) is 18.0 Å². The standard InChI is InChI=1S/C25H26NOSi.C14H14N.Ir/c1-28(2,3)23-15-13-19(25-24(23)20-10-6-7-11-22(20)27-25)21-14-12-18(16-26-21)17-8-4-5-9-17;1-11(2)13-8-9-14(15-10-13)12-6-4-3-5-7-12;/h6-7,10-12,14-17H,4-5,8-9H2,1-3H3;3-6,8-11H,1-2H3;/q2*-1;. The molecule has 0 N–H and O–H groups in total. The fourth-order valence-electron chi connectivity index (χ4n) is 6.07. The van der Waals surface area contributed by atoms with Gasteiger partial charge in [0, 0.05) is 46.0 Å². The van der Waals surface area contributed by atoms with Crippen molar-refractivity contribution in [3.63, 3.8) is 0 Å². The predicted molar refractivity (Wildman–Crippen MR) is 183 cm³/mol. The Labute approximate surface area is 276 Å². The topological polar surface area (TPSA) is 38.9 Å². The van der Waals surface area contributed by atoms with Gasteiger partial charge in [0.15, 0.2) is 0 Å². The quantitative estimate of drug-likeness (QED) is 0.129. The Hall–Kier alpha value is -3.37. The van der Waals surface area contributed by atoms with Crippen LogP contribution in [0.3, 0.4) is 0 Å². The molecule has 1 fully saturated rings. The molecule has 3 nitrogen and oxygen atoms in total. The summed E-state index contributed by atoms with van der Waals surface area (Å²) in [6.07, 6.45) is 9.30. The number of aromatic nitrogens is 2. The Bertz CT molecular complexity index is 1820. The number of benzene rings is 3. The van der Waals surface area contributed by atoms with Gasteiger partial charge in [-0.3, -0.25) is 0 Å². The minimum Gasteiger partial charge on any atom is -0.501 e. The summed E-state index contributed by atoms with van der Waals surface area (Å²) in [6.45, 7) is 11.5. The summed E-state index contributed by atoms with van der Waals surface area (Å²) in [5, 5.41) is 3.86. The molecule has 0 aliphatic heterocycles. The number of para-hydroxylation sites is 1. The maximum Gasteiger partial charge on any atom is 0.120 e. The Morgan fingerprint density at radius 3 is 2.18 bits per heavy atom. The van der Waals surface area contributed by atoms with E-state index in [1.165, 1.54) is 52.8 Å². The SMILES string of the molecule is CC(C)c1ccc(-c2[c-]cccc2)nc1.C[Si](C)(C)c1c[c-]c(-c2ccc(C3CCCC3)cn2)c2oc3ccccc3c12.[Ir]. The molecule has 3 heterocycles. The fraction of sp³-hybridized carbons (Fsp3) is 0.282. The van der Waals surface area contributed by atoms with Gasteiger partial charge in [0.2, 0.25) is 0 Å². The molecular formula is C39H40IrN2OSi-2. The van der Waals surface area contributed by atoms with E-state index in [-0.39, 0.29) is 20.1 Å². The van der Waals surface area contributed by atoms with Crippen LogP contribution in [0.25, 0.3) is 44.5 Å². The average molecular weight is 773 g/mol. The molecule has 1 aliphatic carbocycles. The summed E-state index contributed by atoms with van der Waals surface area (Å²) >= 11 is 0. The molecule has 227 valence electrons. The van der Waals surface area contributed by atoms with Gasteiger partial charge in [-0.1, -0.05) is 99.7 Å². The van der Waals surface area contributed by atoms with E-state index < -0.39 is 8.07 Å². The minimum absolute atomic E-state index is 0. The summed E-state index contributed by atoms with van der Waals surface area (Å²) in [5.74, 6) is 1.22. The molecule has 0 unspecified atom stereocenters. The number of pyridine rings is 2. The molecule has 0 atom stereocenters. The van der Waals surface area contributed by atoms with Gasteiger partial charge in [-0.05, 0) is 53.3 Å². The Morgan fingerprint density at radius 1 is 0.818 bits per heavy atom. The first-order valence-corrected chi connectivity index (χ1v) is 19.1. The first kappa shape index (κ1) is 32.0. The molecule has 6 aromatic rings. The van der Waals surface area contributed by atoms with E-state index in [0.29, 0.717) is 11.8 Å². The molecule has 0 amide bonds. The molecule has 0 bridgehead atoms. The normalized spacial score (nSPS) is 13.6. The van der Waals surface area contributed by atoms with Crippen LogP contribution >= 0.6 is 0 Å². The Balaban J connectivity index is 0.000000204. The number of hydrogen-bond donors (Lipinski definition) is 0. The number of furan rings is 1. The zero-order chi connectivity index (χ0) is 30.0. The minimum atomic E-state index is -1.54. The molecule has 1 aliphatic rings. The van der Waals surface area contributed by atoms with Crippen LogP contribution in [-0.2, 0) is 20.1 Å². The Kier molecular flexibility index (Phi) is 9.99. The van der Waals surface area contributed by atoms with Crippen molar-refractivity contribution >= 4 is 35.2 Å². The smallest absolute Gasteiger partial charge is 0.120 e. The first-order valence-electron chi connectivity index (χ1n) is 15.6. The molecular weight excluding hydrogens is 733 g/mol. The van der Waals surface area contributed by atoms with Crippen LogP contribution in [0.15, 0.2) is 95.7 Å². The zero-order valence-corrected chi connectivity index (χ0v) is 29.7. The van der Waals surface area contributed by atoms with Crippen molar-refractivity contribution in [1.82, 2.24) is 9.97 Å². The van der Waals surface area contributed by atoms with Gasteiger partial charge < -0.3 is 14.4 Å². The van der Waals surface area contributed by atoms with Crippen molar-refractivity contribution < 1.29 is 24.5 Å². The summed E-state index contributed by atoms with van der Waals surface area (Å²) in [4.78, 5) is 9.26. The zero-order valence-electron chi connectivity index (χ0n) is 26.3. The molecule has 44 heavy (non-hydrogen) atoms. The van der Waals surface area contributed by atoms with Crippen molar-refractivity contribution in [2.45, 2.75) is 71.0 Å². The summed E-state index contributed by atoms with van der Waals surface area (Å²) in [5.41, 5.74) is 8.49. The Morgan fingerprint density at radius 2 is 1.55 bits per heavy atom. The van der Waals surface area contributed by atoms with Gasteiger partial charge in [0.1, 0.15) is 5.58 Å². The molecule has 3 aromatic heterocycles. The van der Waals surface area contributed by atoms with Gasteiger partial charge in [-0.25, -0.2) is 0 Å². The third-order valence-electron chi connectivity index (χ3n) is 8.57. The van der Waals surface area contributed by atoms with Gasteiger partial charge >= 0.3 is 0 Å². The van der Waals surface area contributed by atoms with Crippen LogP contribution in [0, 0.1) is 12.1 Å². The van der Waals surface area contributed by atoms with Crippen LogP contribution < -0.4 is 5.19 Å². The van der Waals surface area contributed by atoms with E-state index >= 15 is 0 Å². The number of rotatable bonds is 5. The van der Waals surface area contributed by atoms with Crippen molar-refractivity contribution in [1.29, 1.82) is 0 Å². The van der Waals surface area contributed by atoms with E-state index in [0.717, 1.165) is 33.7 Å². The van der Waals surface area contributed by atoms with Crippen molar-refractivity contribution in [3.8, 4) is 22.5 Å². The maximum atomic E-state index is 6.35. The number of fused-ring (bicyclic) bond motifs is 3. The second-order valence-electron chi connectivity index (χ2n) is 13.0. The summed E-state index contributed by atoms with van der Waals surface area (Å²) < 4.78 is 6.35. The average Bonchev–Trinajstić information content (AvgIpc) is 3.70. The number of hydrogen-bond acceptors (Lipinski definition) is 3. The van der Waals surface area contributed by atoms with Crippen LogP contribution in [0.5, 0.6) is 0 Å². The number of nitrogens with zero attached hydrogens (tertiary/aromatic N) is 2. The molecule has 7 rings (SSSR count). The second-order valence-corrected chi connectivity index (χ2v) is 18.0. The van der Waals surface area contributed by atoms with E-state index in [4.69, 9.17) is 9.40 Å². The molecule has 0 spiro atoms. The van der Waals surface area contributed by atoms with Gasteiger partial charge in [0.25, 0.3) is 0 Å². The van der Waals surface area contributed by atoms with Crippen LogP contribution in [0.1, 0.15) is 62.5 Å². The van der Waals surface area contributed by atoms with E-state index in [2.05, 4.69) is 105 Å². The maximum absolute atomic E-state index is 6.35. The monoisotopic (exact) mass is 773 g/mol. The van der Waals surface area contributed by atoms with Gasteiger partial charge in [0.05, 0.1) is 5.58 Å². The summed E-state index contributed by atoms with van der Waals surface area (Å²) in [6, 6.07) is 33.8. The van der Waals surface area contributed by atoms with Crippen molar-refractivity contribution in [2.75, 3.05) is 0 Å². The van der Waals surface area contributed by atoms with Gasteiger partial charge in [-0.15, -0.1) is 53.2 Å². The van der Waals surface area contributed by atoms with Crippen molar-refractivity contribution in [3.05, 3.63) is 115 Å². The third kappa shape index (κ3) is 6.81. The molecule has 5 heteroatoms. The second kappa shape index (κ2) is 13.7. The summed E-state index contributed by atoms with van der Waals surface area (Å²) in [7, 11) is -1.54. The fourth-order valence-corrected chi connectivity index (χ4v) is 7.57.